The molecule has 0 amide bonds. The fourth-order valence-corrected chi connectivity index (χ4v) is 2.27. The van der Waals surface area contributed by atoms with E-state index in [2.05, 4.69) is 44.6 Å². The highest BCUT2D eigenvalue weighted by atomic mass is 16.5. The summed E-state index contributed by atoms with van der Waals surface area (Å²) in [6.07, 6.45) is 2.19. The molecule has 1 aromatic heterocycles. The summed E-state index contributed by atoms with van der Waals surface area (Å²) in [5.74, 6) is 0. The van der Waals surface area contributed by atoms with E-state index in [4.69, 9.17) is 9.84 Å². The van der Waals surface area contributed by atoms with Crippen LogP contribution in [0, 0.1) is 19.3 Å². The van der Waals surface area contributed by atoms with Crippen LogP contribution >= 0.6 is 0 Å². The molecule has 0 aromatic carbocycles. The van der Waals surface area contributed by atoms with Crippen molar-refractivity contribution >= 4 is 0 Å². The molecule has 0 aliphatic rings. The third kappa shape index (κ3) is 5.63. The van der Waals surface area contributed by atoms with Crippen LogP contribution in [0.15, 0.2) is 0 Å². The molecule has 0 saturated heterocycles. The van der Waals surface area contributed by atoms with Gasteiger partial charge in [0.2, 0.25) is 0 Å². The minimum absolute atomic E-state index is 0.355. The van der Waals surface area contributed by atoms with Crippen LogP contribution in [0.25, 0.3) is 0 Å². The smallest absolute Gasteiger partial charge is 0.0628 e. The lowest BCUT2D eigenvalue weighted by molar-refractivity contribution is 0.199. The third-order valence-corrected chi connectivity index (χ3v) is 3.64. The monoisotopic (exact) mass is 281 g/mol. The molecule has 0 spiro atoms. The lowest BCUT2D eigenvalue weighted by Crippen LogP contribution is -2.22. The number of rotatable bonds is 8. The zero-order valence-electron chi connectivity index (χ0n) is 14.0. The molecule has 0 fully saturated rings. The fraction of sp³-hybridized carbons (Fsp3) is 0.812. The average Bonchev–Trinajstić information content (AvgIpc) is 2.62. The molecule has 20 heavy (non-hydrogen) atoms. The van der Waals surface area contributed by atoms with Crippen molar-refractivity contribution in [2.45, 2.75) is 54.0 Å². The van der Waals surface area contributed by atoms with Crippen molar-refractivity contribution in [1.82, 2.24) is 15.1 Å². The van der Waals surface area contributed by atoms with Gasteiger partial charge >= 0.3 is 0 Å². The van der Waals surface area contributed by atoms with E-state index in [1.54, 1.807) is 7.11 Å². The van der Waals surface area contributed by atoms with E-state index in [0.29, 0.717) is 5.41 Å². The molecular formula is C16H31N3O. The molecule has 1 rings (SSSR count). The van der Waals surface area contributed by atoms with Crippen LogP contribution in [0.1, 0.15) is 44.1 Å². The maximum absolute atomic E-state index is 5.03. The van der Waals surface area contributed by atoms with Crippen molar-refractivity contribution in [2.75, 3.05) is 26.8 Å². The van der Waals surface area contributed by atoms with Gasteiger partial charge in [0.25, 0.3) is 0 Å². The molecule has 0 unspecified atom stereocenters. The van der Waals surface area contributed by atoms with Crippen molar-refractivity contribution in [1.29, 1.82) is 0 Å². The minimum Gasteiger partial charge on any atom is -0.383 e. The highest BCUT2D eigenvalue weighted by molar-refractivity contribution is 5.24. The van der Waals surface area contributed by atoms with Crippen molar-refractivity contribution in [3.8, 4) is 0 Å². The number of nitrogens with zero attached hydrogens (tertiary/aromatic N) is 2. The van der Waals surface area contributed by atoms with Crippen LogP contribution in [-0.2, 0) is 17.7 Å². The summed E-state index contributed by atoms with van der Waals surface area (Å²) in [7, 11) is 1.73. The Morgan fingerprint density at radius 1 is 1.20 bits per heavy atom. The van der Waals surface area contributed by atoms with E-state index in [-0.39, 0.29) is 0 Å². The van der Waals surface area contributed by atoms with Crippen LogP contribution in [-0.4, -0.2) is 36.6 Å². The summed E-state index contributed by atoms with van der Waals surface area (Å²) < 4.78 is 7.20. The van der Waals surface area contributed by atoms with Crippen molar-refractivity contribution in [3.05, 3.63) is 17.0 Å². The van der Waals surface area contributed by atoms with Crippen LogP contribution in [0.4, 0.5) is 0 Å². The minimum atomic E-state index is 0.355. The lowest BCUT2D eigenvalue weighted by atomic mass is 9.92. The Morgan fingerprint density at radius 3 is 2.50 bits per heavy atom. The van der Waals surface area contributed by atoms with Gasteiger partial charge in [0.05, 0.1) is 12.3 Å². The molecule has 0 atom stereocenters. The Bertz CT molecular complexity index is 405. The molecule has 0 aliphatic heterocycles. The summed E-state index contributed by atoms with van der Waals surface area (Å²) in [4.78, 5) is 0. The number of nitrogens with one attached hydrogen (secondary N) is 1. The molecular weight excluding hydrogens is 250 g/mol. The van der Waals surface area contributed by atoms with Crippen molar-refractivity contribution in [3.63, 3.8) is 0 Å². The predicted molar refractivity (Wildman–Crippen MR) is 84.2 cm³/mol. The van der Waals surface area contributed by atoms with E-state index in [9.17, 15) is 0 Å². The normalized spacial score (nSPS) is 12.1. The van der Waals surface area contributed by atoms with Gasteiger partial charge < -0.3 is 10.1 Å². The first-order valence-electron chi connectivity index (χ1n) is 7.57. The summed E-state index contributed by atoms with van der Waals surface area (Å²) in [5.41, 5.74) is 4.24. The highest BCUT2D eigenvalue weighted by Gasteiger charge is 2.14. The number of hydrogen-bond acceptors (Lipinski definition) is 3. The first-order chi connectivity index (χ1) is 9.35. The van der Waals surface area contributed by atoms with Crippen LogP contribution in [0.3, 0.4) is 0 Å². The number of hydrogen-bond donors (Lipinski definition) is 1. The Kier molecular flexibility index (Phi) is 6.69. The molecule has 1 heterocycles. The van der Waals surface area contributed by atoms with Crippen LogP contribution in [0.2, 0.25) is 0 Å². The molecule has 1 N–H and O–H groups in total. The first-order valence-corrected chi connectivity index (χ1v) is 7.57. The number of methoxy groups -OCH3 is 1. The first kappa shape index (κ1) is 17.2. The van der Waals surface area contributed by atoms with Crippen LogP contribution < -0.4 is 5.32 Å². The Balaban J connectivity index is 2.53. The highest BCUT2D eigenvalue weighted by Crippen LogP contribution is 2.21. The van der Waals surface area contributed by atoms with Gasteiger partial charge in [-0.05, 0) is 44.2 Å². The van der Waals surface area contributed by atoms with Crippen molar-refractivity contribution in [2.24, 2.45) is 5.41 Å². The van der Waals surface area contributed by atoms with E-state index in [1.165, 1.54) is 17.0 Å². The maximum atomic E-state index is 5.03. The molecule has 0 radical (unpaired) electrons. The zero-order valence-corrected chi connectivity index (χ0v) is 14.0. The lowest BCUT2D eigenvalue weighted by Gasteiger charge is -2.18. The Labute approximate surface area is 123 Å². The van der Waals surface area contributed by atoms with Crippen LogP contribution in [0.5, 0.6) is 0 Å². The predicted octanol–water partition coefficient (Wildman–Crippen LogP) is 2.71. The maximum Gasteiger partial charge on any atom is 0.0628 e. The SMILES string of the molecule is COCCNCCc1c(C)nn(CCC(C)(C)C)c1C. The molecule has 0 bridgehead atoms. The van der Waals surface area contributed by atoms with Gasteiger partial charge in [-0.25, -0.2) is 0 Å². The summed E-state index contributed by atoms with van der Waals surface area (Å²) in [6, 6.07) is 0. The molecule has 4 nitrogen and oxygen atoms in total. The fourth-order valence-electron chi connectivity index (χ4n) is 2.27. The Morgan fingerprint density at radius 2 is 1.90 bits per heavy atom. The number of ether oxygens (including phenoxy) is 1. The topological polar surface area (TPSA) is 39.1 Å². The molecule has 1 aromatic rings. The third-order valence-electron chi connectivity index (χ3n) is 3.64. The molecule has 4 heteroatoms. The van der Waals surface area contributed by atoms with Gasteiger partial charge in [0, 0.05) is 25.9 Å². The van der Waals surface area contributed by atoms with Gasteiger partial charge in [-0.15, -0.1) is 0 Å². The summed E-state index contributed by atoms with van der Waals surface area (Å²) in [6.45, 7) is 14.8. The number of aryl methyl sites for hydroxylation is 2. The van der Waals surface area contributed by atoms with E-state index < -0.39 is 0 Å². The quantitative estimate of drug-likeness (QED) is 0.745. The standard InChI is InChI=1S/C16H31N3O/c1-13-15(7-9-17-10-12-20-6)14(2)19(18-13)11-8-16(3,4)5/h17H,7-12H2,1-6H3. The van der Waals surface area contributed by atoms with Gasteiger partial charge in [-0.1, -0.05) is 20.8 Å². The van der Waals surface area contributed by atoms with E-state index >= 15 is 0 Å². The number of aromatic nitrogens is 2. The zero-order chi connectivity index (χ0) is 15.2. The summed E-state index contributed by atoms with van der Waals surface area (Å²) in [5, 5.41) is 8.09. The summed E-state index contributed by atoms with van der Waals surface area (Å²) >= 11 is 0. The second-order valence-corrected chi connectivity index (χ2v) is 6.68. The van der Waals surface area contributed by atoms with E-state index in [0.717, 1.165) is 39.1 Å². The molecule has 0 aliphatic carbocycles. The Hall–Kier alpha value is -0.870. The average molecular weight is 281 g/mol. The second-order valence-electron chi connectivity index (χ2n) is 6.68. The van der Waals surface area contributed by atoms with Crippen molar-refractivity contribution < 1.29 is 4.74 Å². The van der Waals surface area contributed by atoms with Gasteiger partial charge in [-0.3, -0.25) is 4.68 Å². The molecule has 116 valence electrons. The molecule has 0 saturated carbocycles. The van der Waals surface area contributed by atoms with Gasteiger partial charge in [-0.2, -0.15) is 5.10 Å². The van der Waals surface area contributed by atoms with Gasteiger partial charge in [0.1, 0.15) is 0 Å². The second kappa shape index (κ2) is 7.79. The van der Waals surface area contributed by atoms with Gasteiger partial charge in [0.15, 0.2) is 0 Å². The van der Waals surface area contributed by atoms with E-state index in [1.807, 2.05) is 0 Å². The largest absolute Gasteiger partial charge is 0.383 e.